The third-order valence-electron chi connectivity index (χ3n) is 5.31. The van der Waals surface area contributed by atoms with Crippen molar-refractivity contribution >= 4 is 28.8 Å². The Morgan fingerprint density at radius 2 is 2.03 bits per heavy atom. The average molecular weight is 440 g/mol. The van der Waals surface area contributed by atoms with Gasteiger partial charge in [0.1, 0.15) is 11.3 Å². The molecule has 2 heterocycles. The van der Waals surface area contributed by atoms with Crippen LogP contribution in [0.25, 0.3) is 11.0 Å². The zero-order valence-electron chi connectivity index (χ0n) is 19.2. The van der Waals surface area contributed by atoms with Gasteiger partial charge >= 0.3 is 5.97 Å². The van der Waals surface area contributed by atoms with Gasteiger partial charge in [-0.15, -0.1) is 0 Å². The number of hydrogen-bond donors (Lipinski definition) is 2. The molecule has 0 amide bonds. The van der Waals surface area contributed by atoms with Crippen LogP contribution in [0.15, 0.2) is 30.5 Å². The normalized spacial score (nSPS) is 11.0. The van der Waals surface area contributed by atoms with Gasteiger partial charge < -0.3 is 25.1 Å². The summed E-state index contributed by atoms with van der Waals surface area (Å²) in [4.78, 5) is 20.6. The third-order valence-corrected chi connectivity index (χ3v) is 5.31. The summed E-state index contributed by atoms with van der Waals surface area (Å²) >= 11 is 0. The second-order valence-electron chi connectivity index (χ2n) is 7.69. The van der Waals surface area contributed by atoms with E-state index in [1.807, 2.05) is 31.3 Å². The van der Waals surface area contributed by atoms with Gasteiger partial charge in [0.2, 0.25) is 5.95 Å². The molecule has 0 saturated carbocycles. The predicted octanol–water partition coefficient (Wildman–Crippen LogP) is 4.17. The minimum absolute atomic E-state index is 0.185. The second kappa shape index (κ2) is 11.4. The first-order valence-electron chi connectivity index (χ1n) is 11.2. The van der Waals surface area contributed by atoms with Crippen LogP contribution in [-0.4, -0.2) is 40.8 Å². The average Bonchev–Trinajstić information content (AvgIpc) is 3.18. The molecular formula is C24H33N5O3. The number of anilines is 2. The number of carbonyl (C=O) groups is 1. The first-order chi connectivity index (χ1) is 15.5. The molecule has 0 aliphatic rings. The van der Waals surface area contributed by atoms with Gasteiger partial charge in [0, 0.05) is 24.7 Å². The Kier molecular flexibility index (Phi) is 8.30. The number of aromatic nitrogens is 3. The molecule has 172 valence electrons. The third kappa shape index (κ3) is 5.90. The van der Waals surface area contributed by atoms with Gasteiger partial charge in [0.25, 0.3) is 0 Å². The zero-order chi connectivity index (χ0) is 22.9. The molecule has 0 aliphatic heterocycles. The molecule has 0 spiro atoms. The van der Waals surface area contributed by atoms with E-state index < -0.39 is 0 Å². The van der Waals surface area contributed by atoms with Gasteiger partial charge in [-0.3, -0.25) is 4.79 Å². The highest BCUT2D eigenvalue weighted by molar-refractivity contribution is 5.87. The van der Waals surface area contributed by atoms with Crippen LogP contribution in [-0.2, 0) is 22.5 Å². The predicted molar refractivity (Wildman–Crippen MR) is 127 cm³/mol. The van der Waals surface area contributed by atoms with Crippen LogP contribution in [0.4, 0.5) is 11.8 Å². The van der Waals surface area contributed by atoms with Crippen LogP contribution >= 0.6 is 0 Å². The van der Waals surface area contributed by atoms with Crippen molar-refractivity contribution in [3.05, 3.63) is 41.6 Å². The van der Waals surface area contributed by atoms with Crippen molar-refractivity contribution in [1.29, 1.82) is 0 Å². The number of nitrogens with one attached hydrogen (secondary N) is 1. The summed E-state index contributed by atoms with van der Waals surface area (Å²) in [7, 11) is 1.66. The monoisotopic (exact) mass is 439 g/mol. The SMILES string of the molecule is CCCCCNc1nc(N)nc2ccn(Cc3cc(CCC(=O)OCC)ccc3OC)c12. The maximum absolute atomic E-state index is 11.7. The number of methoxy groups -OCH3 is 1. The van der Waals surface area contributed by atoms with Crippen LogP contribution in [0.5, 0.6) is 5.75 Å². The minimum atomic E-state index is -0.185. The number of fused-ring (bicyclic) bond motifs is 1. The Morgan fingerprint density at radius 1 is 1.19 bits per heavy atom. The highest BCUT2D eigenvalue weighted by Crippen LogP contribution is 2.27. The zero-order valence-corrected chi connectivity index (χ0v) is 19.2. The number of benzene rings is 1. The molecule has 3 rings (SSSR count). The number of nitrogen functional groups attached to an aromatic ring is 1. The van der Waals surface area contributed by atoms with Gasteiger partial charge in [-0.25, -0.2) is 4.98 Å². The van der Waals surface area contributed by atoms with Crippen molar-refractivity contribution in [1.82, 2.24) is 14.5 Å². The van der Waals surface area contributed by atoms with Crippen molar-refractivity contribution in [2.24, 2.45) is 0 Å². The maximum atomic E-state index is 11.7. The standard InChI is InChI=1S/C24H33N5O3/c1-4-6-7-13-26-23-22-19(27-24(25)28-23)12-14-29(22)16-18-15-17(8-10-20(18)31-3)9-11-21(30)32-5-2/h8,10,12,14-15H,4-7,9,11,13,16H2,1-3H3,(H3,25,26,27,28). The first-order valence-corrected chi connectivity index (χ1v) is 11.2. The molecule has 0 fully saturated rings. The molecule has 0 bridgehead atoms. The summed E-state index contributed by atoms with van der Waals surface area (Å²) in [5.41, 5.74) is 9.72. The van der Waals surface area contributed by atoms with Crippen molar-refractivity contribution < 1.29 is 14.3 Å². The molecular weight excluding hydrogens is 406 g/mol. The fourth-order valence-corrected chi connectivity index (χ4v) is 3.74. The molecule has 0 radical (unpaired) electrons. The van der Waals surface area contributed by atoms with Crippen LogP contribution in [0.2, 0.25) is 0 Å². The second-order valence-corrected chi connectivity index (χ2v) is 7.69. The Bertz CT molecular complexity index is 1050. The highest BCUT2D eigenvalue weighted by atomic mass is 16.5. The summed E-state index contributed by atoms with van der Waals surface area (Å²) in [5, 5.41) is 3.43. The molecule has 8 nitrogen and oxygen atoms in total. The number of rotatable bonds is 12. The van der Waals surface area contributed by atoms with E-state index in [0.717, 1.165) is 59.5 Å². The number of esters is 1. The molecule has 3 aromatic rings. The fourth-order valence-electron chi connectivity index (χ4n) is 3.74. The maximum Gasteiger partial charge on any atom is 0.306 e. The van der Waals surface area contributed by atoms with Crippen molar-refractivity contribution in [3.63, 3.8) is 0 Å². The number of carbonyl (C=O) groups excluding carboxylic acids is 1. The van der Waals surface area contributed by atoms with E-state index >= 15 is 0 Å². The summed E-state index contributed by atoms with van der Waals surface area (Å²) in [5.74, 6) is 1.60. The number of unbranched alkanes of at least 4 members (excludes halogenated alkanes) is 2. The van der Waals surface area contributed by atoms with Crippen LogP contribution in [0.3, 0.4) is 0 Å². The van der Waals surface area contributed by atoms with E-state index in [1.165, 1.54) is 0 Å². The van der Waals surface area contributed by atoms with Gasteiger partial charge in [-0.05, 0) is 37.5 Å². The molecule has 1 aromatic carbocycles. The summed E-state index contributed by atoms with van der Waals surface area (Å²) < 4.78 is 12.7. The number of aryl methyl sites for hydroxylation is 1. The lowest BCUT2D eigenvalue weighted by Gasteiger charge is -2.14. The van der Waals surface area contributed by atoms with Crippen molar-refractivity contribution in [3.8, 4) is 5.75 Å². The van der Waals surface area contributed by atoms with E-state index in [4.69, 9.17) is 15.2 Å². The quantitative estimate of drug-likeness (QED) is 0.322. The molecule has 8 heteroatoms. The molecule has 0 aliphatic carbocycles. The van der Waals surface area contributed by atoms with Crippen LogP contribution in [0.1, 0.15) is 50.7 Å². The summed E-state index contributed by atoms with van der Waals surface area (Å²) in [6, 6.07) is 7.96. The Balaban J connectivity index is 1.86. The van der Waals surface area contributed by atoms with E-state index in [9.17, 15) is 4.79 Å². The minimum Gasteiger partial charge on any atom is -0.496 e. The van der Waals surface area contributed by atoms with Crippen LogP contribution < -0.4 is 15.8 Å². The van der Waals surface area contributed by atoms with Gasteiger partial charge in [-0.2, -0.15) is 4.98 Å². The number of nitrogens with zero attached hydrogens (tertiary/aromatic N) is 3. The Hall–Kier alpha value is -3.29. The van der Waals surface area contributed by atoms with E-state index in [-0.39, 0.29) is 11.9 Å². The number of hydrogen-bond acceptors (Lipinski definition) is 7. The molecule has 32 heavy (non-hydrogen) atoms. The van der Waals surface area contributed by atoms with Crippen molar-refractivity contribution in [2.75, 3.05) is 31.3 Å². The van der Waals surface area contributed by atoms with E-state index in [0.29, 0.717) is 26.0 Å². The smallest absolute Gasteiger partial charge is 0.306 e. The summed E-state index contributed by atoms with van der Waals surface area (Å²) in [6.45, 7) is 5.80. The Labute approximate surface area is 189 Å². The molecule has 0 atom stereocenters. The fraction of sp³-hybridized carbons (Fsp3) is 0.458. The highest BCUT2D eigenvalue weighted by Gasteiger charge is 2.14. The van der Waals surface area contributed by atoms with Gasteiger partial charge in [0.05, 0.1) is 25.8 Å². The van der Waals surface area contributed by atoms with Crippen molar-refractivity contribution in [2.45, 2.75) is 52.5 Å². The van der Waals surface area contributed by atoms with Crippen LogP contribution in [0, 0.1) is 0 Å². The van der Waals surface area contributed by atoms with Gasteiger partial charge in [-0.1, -0.05) is 31.9 Å². The summed E-state index contributed by atoms with van der Waals surface area (Å²) in [6.07, 6.45) is 6.34. The molecule has 3 N–H and O–H groups in total. The lowest BCUT2D eigenvalue weighted by Crippen LogP contribution is -2.10. The Morgan fingerprint density at radius 3 is 2.78 bits per heavy atom. The molecule has 2 aromatic heterocycles. The topological polar surface area (TPSA) is 104 Å². The largest absolute Gasteiger partial charge is 0.496 e. The number of ether oxygens (including phenoxy) is 2. The molecule has 0 unspecified atom stereocenters. The number of nitrogens with two attached hydrogens (primary N) is 1. The lowest BCUT2D eigenvalue weighted by molar-refractivity contribution is -0.143. The van der Waals surface area contributed by atoms with E-state index in [2.05, 4.69) is 32.8 Å². The first kappa shape index (κ1) is 23.4. The van der Waals surface area contributed by atoms with Gasteiger partial charge in [0.15, 0.2) is 5.82 Å². The van der Waals surface area contributed by atoms with E-state index in [1.54, 1.807) is 7.11 Å². The lowest BCUT2D eigenvalue weighted by atomic mass is 10.1. The molecule has 0 saturated heterocycles.